The smallest absolute Gasteiger partial charge is 0.334 e. The first kappa shape index (κ1) is 24.0. The first-order chi connectivity index (χ1) is 16.6. The number of carbonyl (C=O) groups excluding carboxylic acids is 1. The normalized spacial score (nSPS) is 11.6. The number of amides is 2. The third-order valence-corrected chi connectivity index (χ3v) is 5.60. The van der Waals surface area contributed by atoms with Crippen LogP contribution in [0.4, 0.5) is 23.7 Å². The molecule has 0 bridgehead atoms. The van der Waals surface area contributed by atoms with Crippen LogP contribution in [0.15, 0.2) is 71.7 Å². The van der Waals surface area contributed by atoms with Crippen LogP contribution in [0, 0.1) is 0 Å². The van der Waals surface area contributed by atoms with Crippen molar-refractivity contribution in [3.63, 3.8) is 0 Å². The summed E-state index contributed by atoms with van der Waals surface area (Å²) in [4.78, 5) is 31.1. The van der Waals surface area contributed by atoms with E-state index in [4.69, 9.17) is 0 Å². The number of benzene rings is 2. The van der Waals surface area contributed by atoms with Crippen molar-refractivity contribution in [2.24, 2.45) is 0 Å². The molecule has 0 aliphatic carbocycles. The van der Waals surface area contributed by atoms with Gasteiger partial charge in [0.2, 0.25) is 0 Å². The number of urea groups is 1. The Morgan fingerprint density at radius 3 is 2.54 bits per heavy atom. The fourth-order valence-electron chi connectivity index (χ4n) is 3.76. The van der Waals surface area contributed by atoms with Crippen molar-refractivity contribution in [3.8, 4) is 11.3 Å². The Bertz CT molecular complexity index is 1440. The second-order valence-corrected chi connectivity index (χ2v) is 8.36. The van der Waals surface area contributed by atoms with Crippen LogP contribution in [0.25, 0.3) is 22.0 Å². The number of rotatable bonds is 5. The minimum Gasteiger partial charge on any atom is -0.334 e. The van der Waals surface area contributed by atoms with Crippen LogP contribution < -0.4 is 16.2 Å². The summed E-state index contributed by atoms with van der Waals surface area (Å²) in [6, 6.07) is 15.5. The molecule has 0 aliphatic rings. The highest BCUT2D eigenvalue weighted by atomic mass is 19.4. The number of hydrogen-bond donors (Lipinski definition) is 3. The van der Waals surface area contributed by atoms with Crippen LogP contribution in [-0.4, -0.2) is 16.0 Å². The van der Waals surface area contributed by atoms with E-state index in [0.29, 0.717) is 27.6 Å². The van der Waals surface area contributed by atoms with Gasteiger partial charge in [-0.05, 0) is 47.4 Å². The number of fused-ring (bicyclic) bond motifs is 1. The van der Waals surface area contributed by atoms with E-state index >= 15 is 0 Å². The zero-order valence-electron chi connectivity index (χ0n) is 19.0. The lowest BCUT2D eigenvalue weighted by molar-refractivity contribution is -0.141. The lowest BCUT2D eigenvalue weighted by Gasteiger charge is -2.15. The molecule has 0 aliphatic heterocycles. The van der Waals surface area contributed by atoms with Gasteiger partial charge in [-0.1, -0.05) is 44.2 Å². The molecule has 9 heteroatoms. The minimum atomic E-state index is -4.60. The van der Waals surface area contributed by atoms with Gasteiger partial charge in [-0.15, -0.1) is 0 Å². The molecular weight excluding hydrogens is 457 g/mol. The molecular formula is C26H23F3N4O2. The predicted octanol–water partition coefficient (Wildman–Crippen LogP) is 6.05. The molecule has 2 amide bonds. The van der Waals surface area contributed by atoms with Gasteiger partial charge in [0.05, 0.1) is 11.4 Å². The number of alkyl halides is 3. The van der Waals surface area contributed by atoms with Crippen LogP contribution in [0.1, 0.15) is 36.6 Å². The molecule has 3 N–H and O–H groups in total. The number of nitrogens with one attached hydrogen (secondary N) is 3. The monoisotopic (exact) mass is 480 g/mol. The maximum absolute atomic E-state index is 13.4. The van der Waals surface area contributed by atoms with E-state index in [2.05, 4.69) is 20.6 Å². The lowest BCUT2D eigenvalue weighted by Crippen LogP contribution is -2.28. The van der Waals surface area contributed by atoms with Gasteiger partial charge >= 0.3 is 12.2 Å². The maximum atomic E-state index is 13.4. The quantitative estimate of drug-likeness (QED) is 0.325. The molecule has 35 heavy (non-hydrogen) atoms. The van der Waals surface area contributed by atoms with Gasteiger partial charge < -0.3 is 15.6 Å². The topological polar surface area (TPSA) is 86.9 Å². The standard InChI is InChI=1S/C26H23F3N4O2/c1-15(2)16-5-3-6-17(13-16)23-18(9-10-22(33-23)26(27,28)29)14-31-25(35)32-21-8-4-7-20-19(21)11-12-30-24(20)34/h3-13,15H,14H2,1-2H3,(H,30,34)(H2,31,32,35). The molecule has 0 saturated carbocycles. The number of halogens is 3. The molecule has 0 saturated heterocycles. The van der Waals surface area contributed by atoms with E-state index in [9.17, 15) is 22.8 Å². The molecule has 6 nitrogen and oxygen atoms in total. The van der Waals surface area contributed by atoms with Gasteiger partial charge in [0.1, 0.15) is 5.69 Å². The van der Waals surface area contributed by atoms with Gasteiger partial charge in [0.25, 0.3) is 5.56 Å². The molecule has 2 aromatic heterocycles. The Morgan fingerprint density at radius 1 is 1.03 bits per heavy atom. The van der Waals surface area contributed by atoms with Crippen molar-refractivity contribution in [1.82, 2.24) is 15.3 Å². The summed E-state index contributed by atoms with van der Waals surface area (Å²) >= 11 is 0. The average molecular weight is 480 g/mol. The maximum Gasteiger partial charge on any atom is 0.433 e. The first-order valence-electron chi connectivity index (χ1n) is 11.0. The van der Waals surface area contributed by atoms with Crippen molar-refractivity contribution in [2.75, 3.05) is 5.32 Å². The van der Waals surface area contributed by atoms with E-state index in [1.165, 1.54) is 12.3 Å². The third-order valence-electron chi connectivity index (χ3n) is 5.60. The number of pyridine rings is 2. The number of carbonyl (C=O) groups is 1. The molecule has 0 radical (unpaired) electrons. The molecule has 0 fully saturated rings. The molecule has 4 rings (SSSR count). The number of nitrogens with zero attached hydrogens (tertiary/aromatic N) is 1. The number of aromatic amines is 1. The zero-order valence-corrected chi connectivity index (χ0v) is 19.0. The Kier molecular flexibility index (Phi) is 6.59. The number of H-pyrrole nitrogens is 1. The number of hydrogen-bond acceptors (Lipinski definition) is 3. The Hall–Kier alpha value is -4.14. The summed E-state index contributed by atoms with van der Waals surface area (Å²) < 4.78 is 40.1. The third kappa shape index (κ3) is 5.34. The van der Waals surface area contributed by atoms with Gasteiger partial charge in [0.15, 0.2) is 0 Å². The van der Waals surface area contributed by atoms with Crippen molar-refractivity contribution in [3.05, 3.63) is 94.0 Å². The van der Waals surface area contributed by atoms with Crippen molar-refractivity contribution in [2.45, 2.75) is 32.5 Å². The Balaban J connectivity index is 1.61. The summed E-state index contributed by atoms with van der Waals surface area (Å²) in [5, 5.41) is 6.36. The SMILES string of the molecule is CC(C)c1cccc(-c2nc(C(F)(F)F)ccc2CNC(=O)Nc2cccc3c(=O)[nH]ccc23)c1. The van der Waals surface area contributed by atoms with Gasteiger partial charge in [-0.25, -0.2) is 9.78 Å². The van der Waals surface area contributed by atoms with E-state index in [0.717, 1.165) is 11.6 Å². The summed E-state index contributed by atoms with van der Waals surface area (Å²) in [5.74, 6) is 0.182. The summed E-state index contributed by atoms with van der Waals surface area (Å²) in [6.07, 6.45) is -3.11. The van der Waals surface area contributed by atoms with Gasteiger partial charge in [-0.3, -0.25) is 4.79 Å². The molecule has 0 atom stereocenters. The number of anilines is 1. The fraction of sp³-hybridized carbons (Fsp3) is 0.192. The molecule has 2 aromatic carbocycles. The van der Waals surface area contributed by atoms with E-state index < -0.39 is 17.9 Å². The Labute approximate surface area is 199 Å². The van der Waals surface area contributed by atoms with E-state index in [1.54, 1.807) is 36.4 Å². The van der Waals surface area contributed by atoms with Crippen LogP contribution in [0.2, 0.25) is 0 Å². The van der Waals surface area contributed by atoms with Crippen LogP contribution in [0.5, 0.6) is 0 Å². The largest absolute Gasteiger partial charge is 0.433 e. The van der Waals surface area contributed by atoms with Crippen molar-refractivity contribution < 1.29 is 18.0 Å². The molecule has 0 spiro atoms. The second-order valence-electron chi connectivity index (χ2n) is 8.36. The molecule has 2 heterocycles. The predicted molar refractivity (Wildman–Crippen MR) is 129 cm³/mol. The fourth-order valence-corrected chi connectivity index (χ4v) is 3.76. The zero-order chi connectivity index (χ0) is 25.2. The minimum absolute atomic E-state index is 0.0520. The van der Waals surface area contributed by atoms with Crippen LogP contribution in [-0.2, 0) is 12.7 Å². The first-order valence-corrected chi connectivity index (χ1v) is 11.0. The van der Waals surface area contributed by atoms with Crippen LogP contribution >= 0.6 is 0 Å². The average Bonchev–Trinajstić information content (AvgIpc) is 2.83. The highest BCUT2D eigenvalue weighted by molar-refractivity contribution is 6.01. The number of aromatic nitrogens is 2. The van der Waals surface area contributed by atoms with Crippen LogP contribution in [0.3, 0.4) is 0 Å². The molecule has 0 unspecified atom stereocenters. The Morgan fingerprint density at radius 2 is 1.80 bits per heavy atom. The summed E-state index contributed by atoms with van der Waals surface area (Å²) in [7, 11) is 0. The second kappa shape index (κ2) is 9.61. The van der Waals surface area contributed by atoms with Crippen molar-refractivity contribution in [1.29, 1.82) is 0 Å². The molecule has 180 valence electrons. The highest BCUT2D eigenvalue weighted by Crippen LogP contribution is 2.32. The van der Waals surface area contributed by atoms with Crippen molar-refractivity contribution >= 4 is 22.5 Å². The van der Waals surface area contributed by atoms with E-state index in [1.807, 2.05) is 26.0 Å². The van der Waals surface area contributed by atoms with Gasteiger partial charge in [-0.2, -0.15) is 13.2 Å². The lowest BCUT2D eigenvalue weighted by atomic mass is 9.97. The van der Waals surface area contributed by atoms with E-state index in [-0.39, 0.29) is 23.7 Å². The highest BCUT2D eigenvalue weighted by Gasteiger charge is 2.33. The summed E-state index contributed by atoms with van der Waals surface area (Å²) in [6.45, 7) is 3.93. The molecule has 4 aromatic rings. The summed E-state index contributed by atoms with van der Waals surface area (Å²) in [5.41, 5.74) is 1.23. The van der Waals surface area contributed by atoms with Gasteiger partial charge in [0, 0.05) is 29.1 Å².